The Morgan fingerprint density at radius 1 is 0.912 bits per heavy atom. The highest BCUT2D eigenvalue weighted by molar-refractivity contribution is 7.93. The smallest absolute Gasteiger partial charge is 0.263 e. The van der Waals surface area contributed by atoms with E-state index in [4.69, 9.17) is 0 Å². The Labute approximate surface area is 202 Å². The maximum atomic E-state index is 13.1. The Bertz CT molecular complexity index is 1400. The van der Waals surface area contributed by atoms with E-state index >= 15 is 0 Å². The lowest BCUT2D eigenvalue weighted by molar-refractivity contribution is 0.0628. The van der Waals surface area contributed by atoms with Gasteiger partial charge in [-0.25, -0.2) is 13.4 Å². The third kappa shape index (κ3) is 4.96. The van der Waals surface area contributed by atoms with E-state index in [-0.39, 0.29) is 15.9 Å². The minimum Gasteiger partial charge on any atom is -0.336 e. The van der Waals surface area contributed by atoms with Crippen LogP contribution in [0.15, 0.2) is 83.8 Å². The first kappa shape index (κ1) is 22.5. The predicted octanol–water partition coefficient (Wildman–Crippen LogP) is 4.06. The molecule has 0 unspecified atom stereocenters. The number of rotatable bonds is 6. The van der Waals surface area contributed by atoms with Crippen LogP contribution in [0.1, 0.15) is 15.9 Å². The zero-order chi connectivity index (χ0) is 23.5. The number of aromatic nitrogens is 1. The number of piperazine rings is 1. The molecule has 0 bridgehead atoms. The van der Waals surface area contributed by atoms with Crippen LogP contribution in [0, 0.1) is 0 Å². The fraction of sp³-hybridized carbons (Fsp3) is 0.200. The number of hydrogen-bond donors (Lipinski definition) is 1. The Hall–Kier alpha value is -3.27. The second-order valence-electron chi connectivity index (χ2n) is 8.17. The summed E-state index contributed by atoms with van der Waals surface area (Å²) in [5.74, 6) is -0.0129. The van der Waals surface area contributed by atoms with Crippen LogP contribution in [-0.4, -0.2) is 55.3 Å². The van der Waals surface area contributed by atoms with Gasteiger partial charge in [-0.2, -0.15) is 0 Å². The van der Waals surface area contributed by atoms with Gasteiger partial charge in [0, 0.05) is 38.3 Å². The first-order chi connectivity index (χ1) is 16.5. The summed E-state index contributed by atoms with van der Waals surface area (Å²) >= 11 is 1.22. The van der Waals surface area contributed by atoms with E-state index in [2.05, 4.69) is 26.7 Å². The topological polar surface area (TPSA) is 82.6 Å². The van der Waals surface area contributed by atoms with Gasteiger partial charge in [0.15, 0.2) is 5.13 Å². The van der Waals surface area contributed by atoms with Crippen LogP contribution in [-0.2, 0) is 16.6 Å². The second-order valence-corrected chi connectivity index (χ2v) is 10.9. The molecule has 0 spiro atoms. The number of amides is 1. The number of benzene rings is 3. The Kier molecular flexibility index (Phi) is 6.32. The van der Waals surface area contributed by atoms with Crippen molar-refractivity contribution in [3.05, 3.63) is 90.0 Å². The average molecular weight is 493 g/mol. The van der Waals surface area contributed by atoms with Crippen molar-refractivity contribution in [2.75, 3.05) is 30.9 Å². The quantitative estimate of drug-likeness (QED) is 0.439. The molecule has 5 rings (SSSR count). The van der Waals surface area contributed by atoms with Gasteiger partial charge < -0.3 is 4.90 Å². The predicted molar refractivity (Wildman–Crippen MR) is 134 cm³/mol. The van der Waals surface area contributed by atoms with Gasteiger partial charge in [-0.05, 0) is 35.9 Å². The lowest BCUT2D eigenvalue weighted by Crippen LogP contribution is -2.48. The second kappa shape index (κ2) is 9.54. The Morgan fingerprint density at radius 3 is 2.29 bits per heavy atom. The molecule has 0 saturated carbocycles. The lowest BCUT2D eigenvalue weighted by atomic mass is 10.1. The molecular formula is C25H24N4O3S2. The summed E-state index contributed by atoms with van der Waals surface area (Å²) in [6.07, 6.45) is 0. The maximum absolute atomic E-state index is 13.1. The standard InChI is InChI=1S/C25H24N4O3S2/c30-24(29-15-13-28(14-16-29)18-19-7-3-1-4-8-19)20-11-12-22-23(17-20)33-25(26-22)27-34(31,32)21-9-5-2-6-10-21/h1-12,17H,13-16,18H2,(H,26,27). The van der Waals surface area contributed by atoms with Crippen molar-refractivity contribution in [1.82, 2.24) is 14.8 Å². The summed E-state index contributed by atoms with van der Waals surface area (Å²) in [5.41, 5.74) is 2.52. The van der Waals surface area contributed by atoms with Crippen LogP contribution < -0.4 is 4.72 Å². The van der Waals surface area contributed by atoms with Crippen molar-refractivity contribution in [2.45, 2.75) is 11.4 Å². The van der Waals surface area contributed by atoms with Crippen LogP contribution in [0.3, 0.4) is 0 Å². The van der Waals surface area contributed by atoms with Gasteiger partial charge in [0.05, 0.1) is 15.1 Å². The van der Waals surface area contributed by atoms with Gasteiger partial charge in [0.25, 0.3) is 15.9 Å². The monoisotopic (exact) mass is 492 g/mol. The molecule has 0 radical (unpaired) electrons. The zero-order valence-corrected chi connectivity index (χ0v) is 20.1. The summed E-state index contributed by atoms with van der Waals surface area (Å²) in [7, 11) is -3.71. The van der Waals surface area contributed by atoms with E-state index in [0.717, 1.165) is 24.3 Å². The Balaban J connectivity index is 1.25. The van der Waals surface area contributed by atoms with Gasteiger partial charge in [-0.1, -0.05) is 59.9 Å². The van der Waals surface area contributed by atoms with Crippen LogP contribution in [0.5, 0.6) is 0 Å². The molecule has 2 heterocycles. The van der Waals surface area contributed by atoms with E-state index in [1.165, 1.54) is 29.0 Å². The molecule has 1 saturated heterocycles. The molecule has 3 aromatic carbocycles. The molecular weight excluding hydrogens is 468 g/mol. The number of fused-ring (bicyclic) bond motifs is 1. The van der Waals surface area contributed by atoms with E-state index in [9.17, 15) is 13.2 Å². The molecule has 9 heteroatoms. The number of carbonyl (C=O) groups excluding carboxylic acids is 1. The summed E-state index contributed by atoms with van der Waals surface area (Å²) in [6.45, 7) is 3.89. The fourth-order valence-corrected chi connectivity index (χ4v) is 6.17. The van der Waals surface area contributed by atoms with Crippen molar-refractivity contribution in [3.8, 4) is 0 Å². The van der Waals surface area contributed by atoms with Crippen LogP contribution in [0.2, 0.25) is 0 Å². The lowest BCUT2D eigenvalue weighted by Gasteiger charge is -2.34. The van der Waals surface area contributed by atoms with E-state index in [0.29, 0.717) is 24.2 Å². The number of nitrogens with one attached hydrogen (secondary N) is 1. The van der Waals surface area contributed by atoms with Crippen LogP contribution >= 0.6 is 11.3 Å². The maximum Gasteiger partial charge on any atom is 0.263 e. The molecule has 34 heavy (non-hydrogen) atoms. The normalized spacial score (nSPS) is 14.9. The summed E-state index contributed by atoms with van der Waals surface area (Å²) < 4.78 is 28.5. The molecule has 0 aliphatic carbocycles. The van der Waals surface area contributed by atoms with Crippen molar-refractivity contribution in [3.63, 3.8) is 0 Å². The van der Waals surface area contributed by atoms with Gasteiger partial charge >= 0.3 is 0 Å². The van der Waals surface area contributed by atoms with E-state index < -0.39 is 10.0 Å². The summed E-state index contributed by atoms with van der Waals surface area (Å²) in [4.78, 5) is 21.9. The average Bonchev–Trinajstić information content (AvgIpc) is 3.26. The molecule has 1 amide bonds. The highest BCUT2D eigenvalue weighted by Crippen LogP contribution is 2.29. The van der Waals surface area contributed by atoms with Crippen molar-refractivity contribution in [1.29, 1.82) is 0 Å². The number of thiazole rings is 1. The number of hydrogen-bond acceptors (Lipinski definition) is 6. The number of anilines is 1. The summed E-state index contributed by atoms with van der Waals surface area (Å²) in [5, 5.41) is 0.276. The number of nitrogens with zero attached hydrogens (tertiary/aromatic N) is 3. The number of carbonyl (C=O) groups is 1. The fourth-order valence-electron chi connectivity index (χ4n) is 4.01. The molecule has 1 N–H and O–H groups in total. The van der Waals surface area contributed by atoms with Gasteiger partial charge in [0.1, 0.15) is 0 Å². The van der Waals surface area contributed by atoms with E-state index in [1.54, 1.807) is 36.4 Å². The minimum absolute atomic E-state index is 0.0129. The van der Waals surface area contributed by atoms with Gasteiger partial charge in [-0.15, -0.1) is 0 Å². The van der Waals surface area contributed by atoms with Gasteiger partial charge in [0.2, 0.25) is 0 Å². The van der Waals surface area contributed by atoms with Crippen molar-refractivity contribution < 1.29 is 13.2 Å². The van der Waals surface area contributed by atoms with Crippen molar-refractivity contribution >= 4 is 42.6 Å². The Morgan fingerprint density at radius 2 is 1.59 bits per heavy atom. The largest absolute Gasteiger partial charge is 0.336 e. The molecule has 7 nitrogen and oxygen atoms in total. The van der Waals surface area contributed by atoms with Crippen molar-refractivity contribution in [2.24, 2.45) is 0 Å². The molecule has 0 atom stereocenters. The SMILES string of the molecule is O=C(c1ccc2nc(NS(=O)(=O)c3ccccc3)sc2c1)N1CCN(Cc2ccccc2)CC1. The van der Waals surface area contributed by atoms with Crippen LogP contribution in [0.4, 0.5) is 5.13 Å². The molecule has 1 aromatic heterocycles. The minimum atomic E-state index is -3.71. The molecule has 1 fully saturated rings. The third-order valence-corrected chi connectivity index (χ3v) is 8.24. The van der Waals surface area contributed by atoms with Crippen LogP contribution in [0.25, 0.3) is 10.2 Å². The molecule has 174 valence electrons. The molecule has 4 aromatic rings. The highest BCUT2D eigenvalue weighted by Gasteiger charge is 2.23. The molecule has 1 aliphatic heterocycles. The van der Waals surface area contributed by atoms with E-state index in [1.807, 2.05) is 23.1 Å². The summed E-state index contributed by atoms with van der Waals surface area (Å²) in [6, 6.07) is 23.8. The van der Waals surface area contributed by atoms with Gasteiger partial charge in [-0.3, -0.25) is 14.4 Å². The highest BCUT2D eigenvalue weighted by atomic mass is 32.2. The zero-order valence-electron chi connectivity index (χ0n) is 18.4. The molecule has 1 aliphatic rings. The number of sulfonamides is 1. The third-order valence-electron chi connectivity index (χ3n) is 5.82. The first-order valence-electron chi connectivity index (χ1n) is 11.0. The first-order valence-corrected chi connectivity index (χ1v) is 13.3.